The molecule has 1 unspecified atom stereocenters. The molecule has 1 heterocycles. The second-order valence-electron chi connectivity index (χ2n) is 5.17. The number of hydrogen-bond acceptors (Lipinski definition) is 3. The molecule has 0 aliphatic rings. The number of pyridine rings is 1. The van der Waals surface area contributed by atoms with Gasteiger partial charge in [0.25, 0.3) is 0 Å². The molecular formula is C17H21FN2O. The molecule has 0 aliphatic heterocycles. The summed E-state index contributed by atoms with van der Waals surface area (Å²) < 4.78 is 19.1. The second-order valence-corrected chi connectivity index (χ2v) is 5.17. The van der Waals surface area contributed by atoms with Crippen LogP contribution in [0.1, 0.15) is 37.9 Å². The Labute approximate surface area is 125 Å². The number of hydrogen-bond donors (Lipinski definition) is 1. The molecule has 2 aromatic rings. The molecule has 0 fully saturated rings. The van der Waals surface area contributed by atoms with Gasteiger partial charge in [-0.25, -0.2) is 4.39 Å². The van der Waals surface area contributed by atoms with Crippen LogP contribution in [0.15, 0.2) is 42.7 Å². The average molecular weight is 288 g/mol. The molecule has 1 atom stereocenters. The summed E-state index contributed by atoms with van der Waals surface area (Å²) in [5.41, 5.74) is 1.83. The molecule has 0 saturated heterocycles. The summed E-state index contributed by atoms with van der Waals surface area (Å²) in [4.78, 5) is 4.23. The van der Waals surface area contributed by atoms with Gasteiger partial charge in [-0.05, 0) is 49.7 Å². The molecule has 0 radical (unpaired) electrons. The van der Waals surface area contributed by atoms with Crippen LogP contribution in [0.5, 0.6) is 5.75 Å². The Morgan fingerprint density at radius 3 is 2.67 bits per heavy atom. The van der Waals surface area contributed by atoms with Gasteiger partial charge in [0.2, 0.25) is 0 Å². The van der Waals surface area contributed by atoms with Crippen molar-refractivity contribution in [2.75, 3.05) is 6.54 Å². The maximum atomic E-state index is 13.5. The second kappa shape index (κ2) is 7.18. The maximum Gasteiger partial charge on any atom is 0.138 e. The van der Waals surface area contributed by atoms with Gasteiger partial charge in [0.05, 0.1) is 18.3 Å². The van der Waals surface area contributed by atoms with Crippen molar-refractivity contribution in [3.8, 4) is 5.75 Å². The Kier molecular flexibility index (Phi) is 5.28. The summed E-state index contributed by atoms with van der Waals surface area (Å²) in [5.74, 6) is 0.486. The SMILES string of the molecule is CCNC(c1cccc(F)c1)c1cncc(OC(C)C)c1. The largest absolute Gasteiger partial charge is 0.489 e. The molecule has 0 amide bonds. The van der Waals surface area contributed by atoms with Crippen LogP contribution in [0.25, 0.3) is 0 Å². The smallest absolute Gasteiger partial charge is 0.138 e. The minimum absolute atomic E-state index is 0.0915. The standard InChI is InChI=1S/C17H21FN2O/c1-4-20-17(13-6-5-7-15(18)8-13)14-9-16(11-19-10-14)21-12(2)3/h5-12,17,20H,4H2,1-3H3. The first kappa shape index (κ1) is 15.4. The van der Waals surface area contributed by atoms with Crippen molar-refractivity contribution in [3.63, 3.8) is 0 Å². The van der Waals surface area contributed by atoms with Crippen LogP contribution in [-0.2, 0) is 0 Å². The molecular weight excluding hydrogens is 267 g/mol. The maximum absolute atomic E-state index is 13.5. The van der Waals surface area contributed by atoms with Crippen LogP contribution in [0.4, 0.5) is 4.39 Å². The van der Waals surface area contributed by atoms with Crippen LogP contribution in [0, 0.1) is 5.82 Å². The van der Waals surface area contributed by atoms with Gasteiger partial charge in [-0.2, -0.15) is 0 Å². The number of ether oxygens (including phenoxy) is 1. The highest BCUT2D eigenvalue weighted by atomic mass is 19.1. The zero-order valence-electron chi connectivity index (χ0n) is 12.6. The zero-order chi connectivity index (χ0) is 15.2. The Balaban J connectivity index is 2.34. The molecule has 0 aliphatic carbocycles. The van der Waals surface area contributed by atoms with Gasteiger partial charge in [0.15, 0.2) is 0 Å². The van der Waals surface area contributed by atoms with E-state index in [0.717, 1.165) is 23.4 Å². The van der Waals surface area contributed by atoms with E-state index >= 15 is 0 Å². The van der Waals surface area contributed by atoms with Crippen molar-refractivity contribution in [3.05, 3.63) is 59.7 Å². The first-order valence-corrected chi connectivity index (χ1v) is 7.20. The molecule has 1 aromatic carbocycles. The quantitative estimate of drug-likeness (QED) is 0.880. The monoisotopic (exact) mass is 288 g/mol. The summed E-state index contributed by atoms with van der Waals surface area (Å²) in [7, 11) is 0. The lowest BCUT2D eigenvalue weighted by Gasteiger charge is -2.20. The van der Waals surface area contributed by atoms with E-state index in [1.165, 1.54) is 6.07 Å². The van der Waals surface area contributed by atoms with Crippen molar-refractivity contribution in [2.24, 2.45) is 0 Å². The summed E-state index contributed by atoms with van der Waals surface area (Å²) in [5, 5.41) is 3.36. The number of rotatable bonds is 6. The Morgan fingerprint density at radius 1 is 1.19 bits per heavy atom. The normalized spacial score (nSPS) is 12.4. The van der Waals surface area contributed by atoms with Crippen LogP contribution in [0.2, 0.25) is 0 Å². The summed E-state index contributed by atoms with van der Waals surface area (Å²) in [6.45, 7) is 6.74. The lowest BCUT2D eigenvalue weighted by atomic mass is 10.00. The molecule has 2 rings (SSSR count). The molecule has 0 saturated carbocycles. The van der Waals surface area contributed by atoms with Gasteiger partial charge in [-0.15, -0.1) is 0 Å². The van der Waals surface area contributed by atoms with Gasteiger partial charge in [-0.3, -0.25) is 4.98 Å². The topological polar surface area (TPSA) is 34.2 Å². The molecule has 1 aromatic heterocycles. The minimum Gasteiger partial charge on any atom is -0.489 e. The average Bonchev–Trinajstić information content (AvgIpc) is 2.44. The summed E-state index contributed by atoms with van der Waals surface area (Å²) in [6.07, 6.45) is 3.57. The van der Waals surface area contributed by atoms with E-state index in [1.54, 1.807) is 24.5 Å². The fourth-order valence-corrected chi connectivity index (χ4v) is 2.25. The third-order valence-corrected chi connectivity index (χ3v) is 3.03. The Hall–Kier alpha value is -1.94. The molecule has 4 heteroatoms. The van der Waals surface area contributed by atoms with E-state index in [9.17, 15) is 4.39 Å². The zero-order valence-corrected chi connectivity index (χ0v) is 12.6. The van der Waals surface area contributed by atoms with E-state index in [2.05, 4.69) is 10.3 Å². The summed E-state index contributed by atoms with van der Waals surface area (Å²) >= 11 is 0. The molecule has 112 valence electrons. The molecule has 1 N–H and O–H groups in total. The third-order valence-electron chi connectivity index (χ3n) is 3.03. The summed E-state index contributed by atoms with van der Waals surface area (Å²) in [6, 6.07) is 8.47. The van der Waals surface area contributed by atoms with Gasteiger partial charge in [0, 0.05) is 6.20 Å². The number of nitrogens with one attached hydrogen (secondary N) is 1. The van der Waals surface area contributed by atoms with Crippen molar-refractivity contribution in [1.29, 1.82) is 0 Å². The molecule has 21 heavy (non-hydrogen) atoms. The fraction of sp³-hybridized carbons (Fsp3) is 0.353. The van der Waals surface area contributed by atoms with Gasteiger partial charge >= 0.3 is 0 Å². The molecule has 0 spiro atoms. The number of halogens is 1. The van der Waals surface area contributed by atoms with Crippen LogP contribution in [-0.4, -0.2) is 17.6 Å². The van der Waals surface area contributed by atoms with Crippen LogP contribution in [0.3, 0.4) is 0 Å². The van der Waals surface area contributed by atoms with Gasteiger partial charge in [0.1, 0.15) is 11.6 Å². The van der Waals surface area contributed by atoms with Crippen molar-refractivity contribution < 1.29 is 9.13 Å². The van der Waals surface area contributed by atoms with Gasteiger partial charge < -0.3 is 10.1 Å². The highest BCUT2D eigenvalue weighted by Gasteiger charge is 2.15. The van der Waals surface area contributed by atoms with Crippen LogP contribution >= 0.6 is 0 Å². The van der Waals surface area contributed by atoms with E-state index in [0.29, 0.717) is 0 Å². The number of benzene rings is 1. The third kappa shape index (κ3) is 4.26. The van der Waals surface area contributed by atoms with E-state index in [4.69, 9.17) is 4.74 Å². The first-order valence-electron chi connectivity index (χ1n) is 7.20. The Bertz CT molecular complexity index is 587. The fourth-order valence-electron chi connectivity index (χ4n) is 2.25. The van der Waals surface area contributed by atoms with Crippen molar-refractivity contribution in [2.45, 2.75) is 32.9 Å². The first-order chi connectivity index (χ1) is 10.1. The predicted octanol–water partition coefficient (Wildman–Crippen LogP) is 3.71. The van der Waals surface area contributed by atoms with Crippen molar-refractivity contribution >= 4 is 0 Å². The van der Waals surface area contributed by atoms with E-state index in [-0.39, 0.29) is 18.0 Å². The minimum atomic E-state index is -0.238. The highest BCUT2D eigenvalue weighted by Crippen LogP contribution is 2.25. The number of nitrogens with zero attached hydrogens (tertiary/aromatic N) is 1. The van der Waals surface area contributed by atoms with Crippen LogP contribution < -0.4 is 10.1 Å². The highest BCUT2D eigenvalue weighted by molar-refractivity contribution is 5.34. The molecule has 3 nitrogen and oxygen atoms in total. The van der Waals surface area contributed by atoms with E-state index in [1.807, 2.05) is 32.9 Å². The molecule has 0 bridgehead atoms. The Morgan fingerprint density at radius 2 is 2.00 bits per heavy atom. The number of aromatic nitrogens is 1. The lowest BCUT2D eigenvalue weighted by molar-refractivity contribution is 0.241. The predicted molar refractivity (Wildman–Crippen MR) is 81.9 cm³/mol. The van der Waals surface area contributed by atoms with Crippen molar-refractivity contribution in [1.82, 2.24) is 10.3 Å². The van der Waals surface area contributed by atoms with E-state index < -0.39 is 0 Å². The van der Waals surface area contributed by atoms with Gasteiger partial charge in [-0.1, -0.05) is 19.1 Å². The lowest BCUT2D eigenvalue weighted by Crippen LogP contribution is -2.22.